The summed E-state index contributed by atoms with van der Waals surface area (Å²) < 4.78 is 11.4. The number of ether oxygens (including phenoxy) is 2. The van der Waals surface area contributed by atoms with Crippen LogP contribution < -0.4 is 0 Å². The van der Waals surface area contributed by atoms with Crippen molar-refractivity contribution >= 4 is 11.6 Å². The van der Waals surface area contributed by atoms with E-state index in [4.69, 9.17) is 9.47 Å². The van der Waals surface area contributed by atoms with Crippen molar-refractivity contribution < 1.29 is 19.1 Å². The van der Waals surface area contributed by atoms with Gasteiger partial charge in [0.2, 0.25) is 11.6 Å². The van der Waals surface area contributed by atoms with Crippen LogP contribution in [0.2, 0.25) is 0 Å². The molecule has 1 aromatic rings. The van der Waals surface area contributed by atoms with E-state index in [1.807, 2.05) is 35.2 Å². The molecule has 0 aromatic heterocycles. The summed E-state index contributed by atoms with van der Waals surface area (Å²) in [5, 5.41) is 0. The fraction of sp³-hybridized carbons (Fsp3) is 0.500. The summed E-state index contributed by atoms with van der Waals surface area (Å²) in [7, 11) is 0. The number of nitrogens with zero attached hydrogens (tertiary/aromatic N) is 1. The molecule has 2 atom stereocenters. The van der Waals surface area contributed by atoms with Gasteiger partial charge in [-0.1, -0.05) is 30.3 Å². The Balaban J connectivity index is 1.62. The Morgan fingerprint density at radius 3 is 2.14 bits per heavy atom. The van der Waals surface area contributed by atoms with Gasteiger partial charge in [-0.25, -0.2) is 0 Å². The molecular weight excluding hydrogens is 270 g/mol. The number of hydrogen-bond donors (Lipinski definition) is 0. The van der Waals surface area contributed by atoms with Crippen molar-refractivity contribution in [3.63, 3.8) is 0 Å². The Labute approximate surface area is 122 Å². The molecule has 4 rings (SSSR count). The first-order valence-electron chi connectivity index (χ1n) is 7.34. The molecule has 110 valence electrons. The Morgan fingerprint density at radius 1 is 1.00 bits per heavy atom. The predicted molar refractivity (Wildman–Crippen MR) is 73.4 cm³/mol. The standard InChI is InChI=1S/C16H17NO4/c18-14-12-8-16(20-6-7-21-16)9-13(15(14)19)17(12)10-11-4-2-1-3-5-11/h1-5,12-13H,6-10H2/t12-,13+. The van der Waals surface area contributed by atoms with Crippen LogP contribution in [0.15, 0.2) is 30.3 Å². The number of ketones is 2. The van der Waals surface area contributed by atoms with Gasteiger partial charge in [0.25, 0.3) is 0 Å². The van der Waals surface area contributed by atoms with E-state index in [1.54, 1.807) is 0 Å². The van der Waals surface area contributed by atoms with Crippen LogP contribution >= 0.6 is 0 Å². The zero-order valence-corrected chi connectivity index (χ0v) is 11.7. The second-order valence-corrected chi connectivity index (χ2v) is 5.93. The van der Waals surface area contributed by atoms with E-state index in [0.717, 1.165) is 5.56 Å². The quantitative estimate of drug-likeness (QED) is 0.757. The Hall–Kier alpha value is -1.56. The smallest absolute Gasteiger partial charge is 0.217 e. The van der Waals surface area contributed by atoms with Gasteiger partial charge in [0.15, 0.2) is 5.79 Å². The van der Waals surface area contributed by atoms with Crippen molar-refractivity contribution in [3.8, 4) is 0 Å². The first kappa shape index (κ1) is 13.1. The highest BCUT2D eigenvalue weighted by molar-refractivity contribution is 6.43. The zero-order valence-electron chi connectivity index (χ0n) is 11.7. The molecule has 1 spiro atoms. The lowest BCUT2D eigenvalue weighted by Crippen LogP contribution is -2.52. The first-order valence-corrected chi connectivity index (χ1v) is 7.34. The Bertz CT molecular complexity index is 553. The minimum absolute atomic E-state index is 0.285. The van der Waals surface area contributed by atoms with Crippen LogP contribution in [-0.4, -0.2) is 47.6 Å². The molecule has 21 heavy (non-hydrogen) atoms. The third-order valence-corrected chi connectivity index (χ3v) is 4.68. The van der Waals surface area contributed by atoms with Crippen molar-refractivity contribution in [2.75, 3.05) is 13.2 Å². The average Bonchev–Trinajstić information content (AvgIpc) is 3.00. The number of rotatable bonds is 2. The van der Waals surface area contributed by atoms with Gasteiger partial charge in [0.1, 0.15) is 0 Å². The van der Waals surface area contributed by atoms with E-state index in [1.165, 1.54) is 0 Å². The van der Waals surface area contributed by atoms with Crippen LogP contribution in [0.4, 0.5) is 0 Å². The third kappa shape index (κ3) is 2.04. The minimum Gasteiger partial charge on any atom is -0.347 e. The second-order valence-electron chi connectivity index (χ2n) is 5.93. The summed E-state index contributed by atoms with van der Waals surface area (Å²) in [5.41, 5.74) is 1.11. The van der Waals surface area contributed by atoms with E-state index in [0.29, 0.717) is 32.6 Å². The van der Waals surface area contributed by atoms with Crippen molar-refractivity contribution in [1.82, 2.24) is 4.90 Å². The van der Waals surface area contributed by atoms with Gasteiger partial charge < -0.3 is 9.47 Å². The molecule has 3 aliphatic heterocycles. The van der Waals surface area contributed by atoms with E-state index in [9.17, 15) is 9.59 Å². The molecule has 0 unspecified atom stereocenters. The Morgan fingerprint density at radius 2 is 1.57 bits per heavy atom. The largest absolute Gasteiger partial charge is 0.347 e. The third-order valence-electron chi connectivity index (χ3n) is 4.68. The average molecular weight is 287 g/mol. The summed E-state index contributed by atoms with van der Waals surface area (Å²) in [4.78, 5) is 26.5. The number of fused-ring (bicyclic) bond motifs is 2. The molecule has 3 saturated heterocycles. The van der Waals surface area contributed by atoms with Gasteiger partial charge in [-0.3, -0.25) is 14.5 Å². The maximum atomic E-state index is 12.2. The van der Waals surface area contributed by atoms with E-state index >= 15 is 0 Å². The lowest BCUT2D eigenvalue weighted by molar-refractivity contribution is -0.200. The fourth-order valence-corrected chi connectivity index (χ4v) is 3.69. The highest BCUT2D eigenvalue weighted by Gasteiger charge is 2.59. The van der Waals surface area contributed by atoms with Crippen molar-refractivity contribution in [2.24, 2.45) is 0 Å². The van der Waals surface area contributed by atoms with Crippen LogP contribution in [0.25, 0.3) is 0 Å². The summed E-state index contributed by atoms with van der Waals surface area (Å²) in [6, 6.07) is 9.11. The lowest BCUT2D eigenvalue weighted by atomic mass is 9.95. The van der Waals surface area contributed by atoms with Gasteiger partial charge in [-0.15, -0.1) is 0 Å². The molecule has 0 aliphatic carbocycles. The van der Waals surface area contributed by atoms with Crippen molar-refractivity contribution in [3.05, 3.63) is 35.9 Å². The van der Waals surface area contributed by atoms with E-state index in [2.05, 4.69) is 0 Å². The molecule has 1 aromatic carbocycles. The van der Waals surface area contributed by atoms with Crippen molar-refractivity contribution in [1.29, 1.82) is 0 Å². The summed E-state index contributed by atoms with van der Waals surface area (Å²) >= 11 is 0. The molecule has 0 N–H and O–H groups in total. The van der Waals surface area contributed by atoms with Gasteiger partial charge in [0, 0.05) is 19.4 Å². The normalized spacial score (nSPS) is 31.2. The summed E-state index contributed by atoms with van der Waals surface area (Å²) in [6.07, 6.45) is 0.918. The number of benzene rings is 1. The highest BCUT2D eigenvalue weighted by atomic mass is 16.7. The second kappa shape index (κ2) is 4.73. The van der Waals surface area contributed by atoms with Crippen LogP contribution in [0.5, 0.6) is 0 Å². The number of piperidine rings is 1. The van der Waals surface area contributed by atoms with E-state index in [-0.39, 0.29) is 11.6 Å². The molecule has 3 heterocycles. The van der Waals surface area contributed by atoms with E-state index < -0.39 is 17.9 Å². The molecular formula is C16H17NO4. The number of Topliss-reactive ketones (excluding diaryl/α,β-unsaturated/α-hetero) is 2. The van der Waals surface area contributed by atoms with Gasteiger partial charge in [0.05, 0.1) is 25.3 Å². The monoisotopic (exact) mass is 287 g/mol. The topological polar surface area (TPSA) is 55.8 Å². The summed E-state index contributed by atoms with van der Waals surface area (Å²) in [5.74, 6) is -1.29. The number of hydrogen-bond acceptors (Lipinski definition) is 5. The zero-order chi connectivity index (χ0) is 14.4. The lowest BCUT2D eigenvalue weighted by Gasteiger charge is -2.41. The molecule has 0 saturated carbocycles. The fourth-order valence-electron chi connectivity index (χ4n) is 3.69. The maximum Gasteiger partial charge on any atom is 0.217 e. The van der Waals surface area contributed by atoms with Crippen LogP contribution in [0, 0.1) is 0 Å². The predicted octanol–water partition coefficient (Wildman–Crippen LogP) is 0.914. The van der Waals surface area contributed by atoms with Crippen LogP contribution in [-0.2, 0) is 25.6 Å². The Kier molecular flexibility index (Phi) is 2.96. The molecule has 5 heteroatoms. The first-order chi connectivity index (χ1) is 10.2. The SMILES string of the molecule is O=C1C(=O)[C@@H]2CC3(C[C@H]1N2Cc1ccccc1)OCCO3. The minimum atomic E-state index is -0.718. The highest BCUT2D eigenvalue weighted by Crippen LogP contribution is 2.42. The van der Waals surface area contributed by atoms with Crippen LogP contribution in [0.1, 0.15) is 18.4 Å². The number of carbonyl (C=O) groups is 2. The maximum absolute atomic E-state index is 12.2. The molecule has 3 fully saturated rings. The van der Waals surface area contributed by atoms with Gasteiger partial charge in [-0.2, -0.15) is 0 Å². The van der Waals surface area contributed by atoms with Crippen molar-refractivity contribution in [2.45, 2.75) is 37.3 Å². The number of carbonyl (C=O) groups excluding carboxylic acids is 2. The molecule has 0 radical (unpaired) electrons. The van der Waals surface area contributed by atoms with Crippen LogP contribution in [0.3, 0.4) is 0 Å². The molecule has 0 amide bonds. The molecule has 2 bridgehead atoms. The molecule has 3 aliphatic rings. The summed E-state index contributed by atoms with van der Waals surface area (Å²) in [6.45, 7) is 1.70. The van der Waals surface area contributed by atoms with Gasteiger partial charge in [-0.05, 0) is 5.56 Å². The molecule has 5 nitrogen and oxygen atoms in total. The van der Waals surface area contributed by atoms with Gasteiger partial charge >= 0.3 is 0 Å².